The number of benzene rings is 1. The van der Waals surface area contributed by atoms with E-state index in [-0.39, 0.29) is 24.3 Å². The normalized spacial score (nSPS) is 18.8. The average molecular weight is 377 g/mol. The summed E-state index contributed by atoms with van der Waals surface area (Å²) in [5, 5.41) is 0. The second-order valence-electron chi connectivity index (χ2n) is 7.02. The summed E-state index contributed by atoms with van der Waals surface area (Å²) in [5.74, 6) is 0.847. The van der Waals surface area contributed by atoms with Gasteiger partial charge in [0.1, 0.15) is 5.82 Å². The summed E-state index contributed by atoms with van der Waals surface area (Å²) in [6.07, 6.45) is 9.07. The third-order valence-corrected chi connectivity index (χ3v) is 5.34. The molecule has 1 saturated heterocycles. The molecule has 7 nitrogen and oxygen atoms in total. The molecule has 1 atom stereocenters. The minimum atomic E-state index is -0.260. The molecule has 2 aliphatic heterocycles. The van der Waals surface area contributed by atoms with Crippen molar-refractivity contribution < 1.29 is 9.59 Å². The van der Waals surface area contributed by atoms with Crippen LogP contribution in [0, 0.1) is 0 Å². The number of anilines is 1. The van der Waals surface area contributed by atoms with Crippen molar-refractivity contribution in [1.82, 2.24) is 19.8 Å². The second kappa shape index (κ2) is 7.80. The number of rotatable bonds is 3. The van der Waals surface area contributed by atoms with E-state index < -0.39 is 0 Å². The first-order valence-electron chi connectivity index (χ1n) is 9.48. The Balaban J connectivity index is 1.44. The highest BCUT2D eigenvalue weighted by atomic mass is 16.2. The third kappa shape index (κ3) is 3.60. The first kappa shape index (κ1) is 18.2. The zero-order valence-corrected chi connectivity index (χ0v) is 15.9. The second-order valence-corrected chi connectivity index (χ2v) is 7.02. The molecule has 0 N–H and O–H groups in total. The minimum Gasteiger partial charge on any atom is -0.352 e. The van der Waals surface area contributed by atoms with E-state index in [4.69, 9.17) is 0 Å². The lowest BCUT2D eigenvalue weighted by Crippen LogP contribution is -2.49. The Kier molecular flexibility index (Phi) is 5.06. The molecule has 28 heavy (non-hydrogen) atoms. The molecule has 4 rings (SSSR count). The summed E-state index contributed by atoms with van der Waals surface area (Å²) in [5.41, 5.74) is 2.08. The number of carbonyl (C=O) groups is 2. The summed E-state index contributed by atoms with van der Waals surface area (Å²) in [6, 6.07) is 7.67. The smallest absolute Gasteiger partial charge is 0.225 e. The number of hydrogen-bond donors (Lipinski definition) is 0. The molecular formula is C21H23N5O2. The molecular weight excluding hydrogens is 354 g/mol. The third-order valence-electron chi connectivity index (χ3n) is 5.34. The van der Waals surface area contributed by atoms with E-state index >= 15 is 0 Å². The van der Waals surface area contributed by atoms with Crippen LogP contribution in [0.3, 0.4) is 0 Å². The summed E-state index contributed by atoms with van der Waals surface area (Å²) in [7, 11) is 0. The Morgan fingerprint density at radius 1 is 1.11 bits per heavy atom. The summed E-state index contributed by atoms with van der Waals surface area (Å²) >= 11 is 0. The zero-order valence-electron chi connectivity index (χ0n) is 15.9. The van der Waals surface area contributed by atoms with Gasteiger partial charge >= 0.3 is 0 Å². The Hall–Kier alpha value is -3.22. The quantitative estimate of drug-likeness (QED) is 0.819. The Bertz CT molecular complexity index is 891. The van der Waals surface area contributed by atoms with Gasteiger partial charge in [-0.1, -0.05) is 24.3 Å². The molecule has 144 valence electrons. The predicted molar refractivity (Wildman–Crippen MR) is 106 cm³/mol. The molecule has 1 aromatic carbocycles. The number of hydrogen-bond acceptors (Lipinski definition) is 5. The number of aromatic nitrogens is 2. The van der Waals surface area contributed by atoms with Crippen molar-refractivity contribution in [2.75, 3.05) is 31.1 Å². The molecule has 0 bridgehead atoms. The van der Waals surface area contributed by atoms with E-state index in [1.807, 2.05) is 35.2 Å². The van der Waals surface area contributed by atoms with Crippen molar-refractivity contribution in [3.63, 3.8) is 0 Å². The number of amides is 2. The predicted octanol–water partition coefficient (Wildman–Crippen LogP) is 2.09. The van der Waals surface area contributed by atoms with Gasteiger partial charge in [0.05, 0.1) is 18.7 Å². The van der Waals surface area contributed by atoms with Crippen LogP contribution < -0.4 is 4.90 Å². The lowest BCUT2D eigenvalue weighted by Gasteiger charge is -2.37. The Labute approximate surface area is 164 Å². The van der Waals surface area contributed by atoms with Gasteiger partial charge in [-0.3, -0.25) is 14.6 Å². The fourth-order valence-electron chi connectivity index (χ4n) is 3.85. The molecule has 0 aliphatic carbocycles. The highest BCUT2D eigenvalue weighted by Crippen LogP contribution is 2.33. The number of nitrogens with zero attached hydrogens (tertiary/aromatic N) is 5. The minimum absolute atomic E-state index is 0.0592. The van der Waals surface area contributed by atoms with Crippen LogP contribution in [-0.4, -0.2) is 57.8 Å². The molecule has 1 aromatic heterocycles. The Morgan fingerprint density at radius 2 is 1.89 bits per heavy atom. The number of fused-ring (bicyclic) bond motifs is 1. The number of piperazine rings is 1. The van der Waals surface area contributed by atoms with Crippen molar-refractivity contribution in [2.45, 2.75) is 19.4 Å². The topological polar surface area (TPSA) is 69.6 Å². The summed E-state index contributed by atoms with van der Waals surface area (Å²) in [4.78, 5) is 39.2. The maximum Gasteiger partial charge on any atom is 0.225 e. The highest BCUT2D eigenvalue weighted by Gasteiger charge is 2.31. The van der Waals surface area contributed by atoms with Gasteiger partial charge in [0, 0.05) is 51.7 Å². The van der Waals surface area contributed by atoms with E-state index in [9.17, 15) is 9.59 Å². The first-order valence-corrected chi connectivity index (χ1v) is 9.48. The summed E-state index contributed by atoms with van der Waals surface area (Å²) < 4.78 is 0. The molecule has 2 aliphatic rings. The lowest BCUT2D eigenvalue weighted by atomic mass is 9.93. The van der Waals surface area contributed by atoms with Gasteiger partial charge in [0.15, 0.2) is 0 Å². The van der Waals surface area contributed by atoms with E-state index in [0.29, 0.717) is 13.1 Å². The van der Waals surface area contributed by atoms with Crippen molar-refractivity contribution >= 4 is 23.7 Å². The molecule has 3 heterocycles. The highest BCUT2D eigenvalue weighted by molar-refractivity contribution is 5.82. The van der Waals surface area contributed by atoms with E-state index in [2.05, 4.69) is 14.9 Å². The fourth-order valence-corrected chi connectivity index (χ4v) is 3.85. The van der Waals surface area contributed by atoms with Gasteiger partial charge in [-0.05, 0) is 17.2 Å². The van der Waals surface area contributed by atoms with Crippen LogP contribution >= 0.6 is 0 Å². The summed E-state index contributed by atoms with van der Waals surface area (Å²) in [6.45, 7) is 4.26. The zero-order chi connectivity index (χ0) is 19.5. The molecule has 1 fully saturated rings. The van der Waals surface area contributed by atoms with E-state index in [0.717, 1.165) is 30.0 Å². The molecule has 0 saturated carbocycles. The van der Waals surface area contributed by atoms with Crippen molar-refractivity contribution in [3.05, 3.63) is 60.2 Å². The van der Waals surface area contributed by atoms with Gasteiger partial charge in [-0.15, -0.1) is 0 Å². The molecule has 0 unspecified atom stereocenters. The number of carbonyl (C=O) groups excluding carboxylic acids is 2. The largest absolute Gasteiger partial charge is 0.352 e. The van der Waals surface area contributed by atoms with Gasteiger partial charge < -0.3 is 14.7 Å². The van der Waals surface area contributed by atoms with Crippen molar-refractivity contribution in [1.29, 1.82) is 0 Å². The fraction of sp³-hybridized carbons (Fsp3) is 0.333. The van der Waals surface area contributed by atoms with E-state index in [1.54, 1.807) is 29.7 Å². The van der Waals surface area contributed by atoms with Gasteiger partial charge in [0.2, 0.25) is 11.8 Å². The molecule has 2 amide bonds. The molecule has 0 spiro atoms. The van der Waals surface area contributed by atoms with Gasteiger partial charge in [0.25, 0.3) is 0 Å². The van der Waals surface area contributed by atoms with Gasteiger partial charge in [-0.2, -0.15) is 0 Å². The standard InChI is InChI=1S/C21H23N5O2/c1-16(27)26-9-6-17-4-2-3-5-18(17)19(26)14-21(28)25-12-10-24(11-13-25)20-15-22-7-8-23-20/h2-9,15,19H,10-14H2,1H3/t19-/m1/s1. The monoisotopic (exact) mass is 377 g/mol. The maximum atomic E-state index is 13.0. The van der Waals surface area contributed by atoms with Gasteiger partial charge in [-0.25, -0.2) is 4.98 Å². The average Bonchev–Trinajstić information content (AvgIpc) is 2.74. The lowest BCUT2D eigenvalue weighted by molar-refractivity contribution is -0.134. The SMILES string of the molecule is CC(=O)N1C=Cc2ccccc2[C@H]1CC(=O)N1CCN(c2cnccn2)CC1. The molecule has 2 aromatic rings. The van der Waals surface area contributed by atoms with Crippen LogP contribution in [0.25, 0.3) is 6.08 Å². The van der Waals surface area contributed by atoms with Crippen LogP contribution in [0.5, 0.6) is 0 Å². The van der Waals surface area contributed by atoms with Crippen LogP contribution in [-0.2, 0) is 9.59 Å². The van der Waals surface area contributed by atoms with E-state index in [1.165, 1.54) is 6.92 Å². The van der Waals surface area contributed by atoms with Crippen LogP contribution in [0.4, 0.5) is 5.82 Å². The van der Waals surface area contributed by atoms with Crippen LogP contribution in [0.15, 0.2) is 49.1 Å². The molecule has 0 radical (unpaired) electrons. The maximum absolute atomic E-state index is 13.0. The molecule has 7 heteroatoms. The van der Waals surface area contributed by atoms with Crippen LogP contribution in [0.1, 0.15) is 30.5 Å². The first-order chi connectivity index (χ1) is 13.6. The van der Waals surface area contributed by atoms with Crippen LogP contribution in [0.2, 0.25) is 0 Å². The Morgan fingerprint density at radius 3 is 2.61 bits per heavy atom. The van der Waals surface area contributed by atoms with Crippen molar-refractivity contribution in [3.8, 4) is 0 Å². The van der Waals surface area contributed by atoms with Crippen molar-refractivity contribution in [2.24, 2.45) is 0 Å².